The van der Waals surface area contributed by atoms with Crippen molar-refractivity contribution in [2.45, 2.75) is 57.8 Å². The maximum Gasteiger partial charge on any atom is 0.0189 e. The predicted molar refractivity (Wildman–Crippen MR) is 149 cm³/mol. The summed E-state index contributed by atoms with van der Waals surface area (Å²) in [4.78, 5) is 0. The highest BCUT2D eigenvalue weighted by Crippen LogP contribution is 2.54. The Labute approximate surface area is 211 Å². The molecular weight excluding hydrogens is 420 g/mol. The Kier molecular flexibility index (Phi) is 5.26. The molecule has 2 aliphatic rings. The third-order valence-corrected chi connectivity index (χ3v) is 8.98. The van der Waals surface area contributed by atoms with E-state index in [-0.39, 0.29) is 10.8 Å². The molecule has 4 aromatic carbocycles. The summed E-state index contributed by atoms with van der Waals surface area (Å²) >= 11 is 0. The van der Waals surface area contributed by atoms with Crippen molar-refractivity contribution < 1.29 is 0 Å². The third kappa shape index (κ3) is 3.41. The molecule has 176 valence electrons. The van der Waals surface area contributed by atoms with Crippen LogP contribution in [0, 0.1) is 11.8 Å². The van der Waals surface area contributed by atoms with Gasteiger partial charge in [0.1, 0.15) is 0 Å². The minimum absolute atomic E-state index is 0.0861. The van der Waals surface area contributed by atoms with Gasteiger partial charge in [0.05, 0.1) is 0 Å². The Bertz CT molecular complexity index is 1190. The Morgan fingerprint density at radius 2 is 0.714 bits per heavy atom. The van der Waals surface area contributed by atoms with Gasteiger partial charge in [0, 0.05) is 10.8 Å². The number of fused-ring (bicyclic) bond motifs is 6. The summed E-state index contributed by atoms with van der Waals surface area (Å²) in [6, 6.07) is 36.3. The van der Waals surface area contributed by atoms with Crippen molar-refractivity contribution in [1.29, 1.82) is 0 Å². The van der Waals surface area contributed by atoms with Gasteiger partial charge in [-0.05, 0) is 75.6 Å². The molecule has 0 saturated carbocycles. The summed E-state index contributed by atoms with van der Waals surface area (Å²) in [7, 11) is 0. The highest BCUT2D eigenvalue weighted by Gasteiger charge is 2.42. The fraction of sp³-hybridized carbons (Fsp3) is 0.314. The van der Waals surface area contributed by atoms with Crippen LogP contribution in [0.4, 0.5) is 0 Å². The lowest BCUT2D eigenvalue weighted by Crippen LogP contribution is -2.27. The molecule has 6 rings (SSSR count). The highest BCUT2D eigenvalue weighted by atomic mass is 14.4. The van der Waals surface area contributed by atoms with Gasteiger partial charge < -0.3 is 0 Å². The summed E-state index contributed by atoms with van der Waals surface area (Å²) < 4.78 is 0. The molecule has 2 atom stereocenters. The van der Waals surface area contributed by atoms with Crippen molar-refractivity contribution in [2.75, 3.05) is 0 Å². The van der Waals surface area contributed by atoms with E-state index in [9.17, 15) is 0 Å². The van der Waals surface area contributed by atoms with Crippen molar-refractivity contribution in [3.63, 3.8) is 0 Å². The van der Waals surface area contributed by atoms with Gasteiger partial charge in [-0.3, -0.25) is 0 Å². The minimum atomic E-state index is 0.0861. The minimum Gasteiger partial charge on any atom is -0.0625 e. The van der Waals surface area contributed by atoms with Crippen LogP contribution in [0.25, 0.3) is 22.3 Å². The van der Waals surface area contributed by atoms with Crippen LogP contribution in [0.2, 0.25) is 0 Å². The maximum atomic E-state index is 2.48. The van der Waals surface area contributed by atoms with E-state index in [0.29, 0.717) is 11.8 Å². The Morgan fingerprint density at radius 3 is 1.00 bits per heavy atom. The summed E-state index contributed by atoms with van der Waals surface area (Å²) in [5.74, 6) is 1.29. The Hall–Kier alpha value is -3.12. The van der Waals surface area contributed by atoms with E-state index in [1.807, 2.05) is 0 Å². The maximum absolute atomic E-state index is 2.48. The molecular formula is C35H36. The fourth-order valence-corrected chi connectivity index (χ4v) is 7.77. The van der Waals surface area contributed by atoms with Crippen LogP contribution in [0.15, 0.2) is 97.1 Å². The summed E-state index contributed by atoms with van der Waals surface area (Å²) in [6.07, 6.45) is 3.63. The van der Waals surface area contributed by atoms with Crippen LogP contribution in [0.3, 0.4) is 0 Å². The van der Waals surface area contributed by atoms with E-state index in [0.717, 1.165) is 0 Å². The van der Waals surface area contributed by atoms with Gasteiger partial charge in [0.25, 0.3) is 0 Å². The molecule has 0 unspecified atom stereocenters. The first-order valence-corrected chi connectivity index (χ1v) is 13.3. The predicted octanol–water partition coefficient (Wildman–Crippen LogP) is 9.40. The van der Waals surface area contributed by atoms with Gasteiger partial charge in [0.2, 0.25) is 0 Å². The molecule has 0 nitrogen and oxygen atoms in total. The average molecular weight is 457 g/mol. The molecule has 0 N–H and O–H groups in total. The zero-order valence-corrected chi connectivity index (χ0v) is 21.5. The topological polar surface area (TPSA) is 0 Å². The molecule has 0 fully saturated rings. The second-order valence-corrected chi connectivity index (χ2v) is 11.7. The van der Waals surface area contributed by atoms with Crippen molar-refractivity contribution in [3.05, 3.63) is 119 Å². The first-order chi connectivity index (χ1) is 16.9. The molecule has 0 aromatic heterocycles. The van der Waals surface area contributed by atoms with Crippen molar-refractivity contribution in [1.82, 2.24) is 0 Å². The average Bonchev–Trinajstić information content (AvgIpc) is 3.26. The van der Waals surface area contributed by atoms with Gasteiger partial charge >= 0.3 is 0 Å². The second-order valence-electron chi connectivity index (χ2n) is 11.7. The molecule has 0 aliphatic heterocycles. The highest BCUT2D eigenvalue weighted by molar-refractivity contribution is 5.81. The lowest BCUT2D eigenvalue weighted by atomic mass is 9.69. The molecule has 0 amide bonds. The molecule has 0 radical (unpaired) electrons. The van der Waals surface area contributed by atoms with E-state index in [2.05, 4.69) is 125 Å². The molecule has 0 bridgehead atoms. The van der Waals surface area contributed by atoms with E-state index < -0.39 is 0 Å². The SMILES string of the molecule is C[C@H](C[C@H](C)CC1(C)c2ccccc2-c2ccccc21)CC1(C)c2ccccc2-c2ccccc21. The van der Waals surface area contributed by atoms with E-state index >= 15 is 0 Å². The normalized spacial score (nSPS) is 17.7. The summed E-state index contributed by atoms with van der Waals surface area (Å²) in [6.45, 7) is 9.90. The van der Waals surface area contributed by atoms with Crippen LogP contribution >= 0.6 is 0 Å². The smallest absolute Gasteiger partial charge is 0.0189 e. The summed E-state index contributed by atoms with van der Waals surface area (Å²) in [5.41, 5.74) is 11.9. The van der Waals surface area contributed by atoms with E-state index in [1.54, 1.807) is 0 Å². The second kappa shape index (κ2) is 8.23. The monoisotopic (exact) mass is 456 g/mol. The number of hydrogen-bond donors (Lipinski definition) is 0. The van der Waals surface area contributed by atoms with Crippen molar-refractivity contribution in [2.24, 2.45) is 11.8 Å². The van der Waals surface area contributed by atoms with Crippen LogP contribution in [0.1, 0.15) is 69.2 Å². The van der Waals surface area contributed by atoms with Crippen LogP contribution in [-0.4, -0.2) is 0 Å². The van der Waals surface area contributed by atoms with Crippen molar-refractivity contribution in [3.8, 4) is 22.3 Å². The standard InChI is InChI=1S/C35H36/c1-24(22-34(3)30-17-9-5-13-26(30)27-14-6-10-18-31(27)34)21-25(2)23-35(4)32-19-11-7-15-28(32)29-16-8-12-20-33(29)35/h5-20,24-25H,21-23H2,1-4H3/t24-,25+. The molecule has 0 heterocycles. The van der Waals surface area contributed by atoms with Gasteiger partial charge in [-0.25, -0.2) is 0 Å². The largest absolute Gasteiger partial charge is 0.0625 e. The van der Waals surface area contributed by atoms with E-state index in [4.69, 9.17) is 0 Å². The quantitative estimate of drug-likeness (QED) is 0.271. The molecule has 2 aliphatic carbocycles. The molecule has 35 heavy (non-hydrogen) atoms. The van der Waals surface area contributed by atoms with Crippen molar-refractivity contribution >= 4 is 0 Å². The fourth-order valence-electron chi connectivity index (χ4n) is 7.77. The number of hydrogen-bond acceptors (Lipinski definition) is 0. The number of benzene rings is 4. The van der Waals surface area contributed by atoms with Crippen LogP contribution < -0.4 is 0 Å². The lowest BCUT2D eigenvalue weighted by molar-refractivity contribution is 0.303. The first-order valence-electron chi connectivity index (χ1n) is 13.3. The van der Waals surface area contributed by atoms with Gasteiger partial charge in [-0.2, -0.15) is 0 Å². The van der Waals surface area contributed by atoms with E-state index in [1.165, 1.54) is 63.8 Å². The van der Waals surface area contributed by atoms with Gasteiger partial charge in [0.15, 0.2) is 0 Å². The van der Waals surface area contributed by atoms with Gasteiger partial charge in [-0.1, -0.05) is 125 Å². The number of rotatable bonds is 6. The summed E-state index contributed by atoms with van der Waals surface area (Å²) in [5, 5.41) is 0. The molecule has 4 aromatic rings. The van der Waals surface area contributed by atoms with Gasteiger partial charge in [-0.15, -0.1) is 0 Å². The molecule has 0 saturated heterocycles. The first kappa shape index (κ1) is 22.4. The van der Waals surface area contributed by atoms with Crippen LogP contribution in [0.5, 0.6) is 0 Å². The zero-order chi connectivity index (χ0) is 24.2. The van der Waals surface area contributed by atoms with Crippen LogP contribution in [-0.2, 0) is 10.8 Å². The third-order valence-electron chi connectivity index (χ3n) is 8.98. The molecule has 0 spiro atoms. The Morgan fingerprint density at radius 1 is 0.457 bits per heavy atom. The lowest BCUT2D eigenvalue weighted by Gasteiger charge is -2.34. The molecule has 0 heteroatoms. The zero-order valence-electron chi connectivity index (χ0n) is 21.5. The Balaban J connectivity index is 1.25.